The second-order valence-corrected chi connectivity index (χ2v) is 5.57. The van der Waals surface area contributed by atoms with Crippen LogP contribution in [0.15, 0.2) is 0 Å². The summed E-state index contributed by atoms with van der Waals surface area (Å²) < 4.78 is 0. The Morgan fingerprint density at radius 1 is 1.38 bits per heavy atom. The van der Waals surface area contributed by atoms with E-state index in [1.54, 1.807) is 0 Å². The molecule has 0 heterocycles. The molecule has 0 spiro atoms. The molecule has 0 aromatic heterocycles. The summed E-state index contributed by atoms with van der Waals surface area (Å²) in [6.07, 6.45) is 2.33. The highest BCUT2D eigenvalue weighted by Crippen LogP contribution is 2.21. The quantitative estimate of drug-likeness (QED) is 0.668. The van der Waals surface area contributed by atoms with Crippen LogP contribution in [0.5, 0.6) is 0 Å². The summed E-state index contributed by atoms with van der Waals surface area (Å²) in [6.45, 7) is 9.80. The van der Waals surface area contributed by atoms with Gasteiger partial charge in [0.25, 0.3) is 0 Å². The van der Waals surface area contributed by atoms with Gasteiger partial charge in [0.1, 0.15) is 0 Å². The van der Waals surface area contributed by atoms with Crippen molar-refractivity contribution in [3.63, 3.8) is 0 Å². The second-order valence-electron chi connectivity index (χ2n) is 5.57. The monoisotopic (exact) mass is 226 g/mol. The van der Waals surface area contributed by atoms with Crippen molar-refractivity contribution in [2.75, 3.05) is 13.2 Å². The smallest absolute Gasteiger partial charge is 0.0621 e. The van der Waals surface area contributed by atoms with Crippen molar-refractivity contribution in [2.24, 2.45) is 11.3 Å². The molecule has 16 heavy (non-hydrogen) atoms. The van der Waals surface area contributed by atoms with Gasteiger partial charge in [-0.05, 0) is 24.2 Å². The van der Waals surface area contributed by atoms with E-state index in [0.717, 1.165) is 19.4 Å². The standard InChI is InChI=1S/C13H26N2O/c1-11(2)12(6-9-16)15-10-13(3,4)7-5-8-14/h11-12,15-16H,5-7,9-10H2,1-4H3. The van der Waals surface area contributed by atoms with Crippen LogP contribution in [0.2, 0.25) is 0 Å². The molecular formula is C13H26N2O. The Hall–Kier alpha value is -0.590. The number of hydrogen-bond acceptors (Lipinski definition) is 3. The number of nitrogens with one attached hydrogen (secondary N) is 1. The Kier molecular flexibility index (Phi) is 7.36. The van der Waals surface area contributed by atoms with Crippen molar-refractivity contribution >= 4 is 0 Å². The van der Waals surface area contributed by atoms with Crippen molar-refractivity contribution in [1.29, 1.82) is 5.26 Å². The van der Waals surface area contributed by atoms with E-state index in [4.69, 9.17) is 10.4 Å². The van der Waals surface area contributed by atoms with Crippen molar-refractivity contribution in [1.82, 2.24) is 5.32 Å². The molecule has 0 amide bonds. The van der Waals surface area contributed by atoms with Gasteiger partial charge in [0.05, 0.1) is 6.07 Å². The summed E-state index contributed by atoms with van der Waals surface area (Å²) in [5.41, 5.74) is 0.151. The molecule has 0 aliphatic heterocycles. The van der Waals surface area contributed by atoms with Gasteiger partial charge in [0.15, 0.2) is 0 Å². The fourth-order valence-corrected chi connectivity index (χ4v) is 1.70. The molecule has 2 N–H and O–H groups in total. The van der Waals surface area contributed by atoms with E-state index in [1.807, 2.05) is 0 Å². The average Bonchev–Trinajstić information content (AvgIpc) is 2.21. The maximum atomic E-state index is 8.97. The fourth-order valence-electron chi connectivity index (χ4n) is 1.70. The largest absolute Gasteiger partial charge is 0.396 e. The van der Waals surface area contributed by atoms with Crippen LogP contribution in [-0.4, -0.2) is 24.3 Å². The Morgan fingerprint density at radius 3 is 2.44 bits per heavy atom. The molecule has 0 aromatic rings. The zero-order chi connectivity index (χ0) is 12.6. The number of aliphatic hydroxyl groups excluding tert-OH is 1. The van der Waals surface area contributed by atoms with Gasteiger partial charge < -0.3 is 10.4 Å². The van der Waals surface area contributed by atoms with Gasteiger partial charge in [0.2, 0.25) is 0 Å². The van der Waals surface area contributed by atoms with Crippen molar-refractivity contribution < 1.29 is 5.11 Å². The Balaban J connectivity index is 4.03. The lowest BCUT2D eigenvalue weighted by atomic mass is 9.87. The van der Waals surface area contributed by atoms with Crippen LogP contribution in [-0.2, 0) is 0 Å². The van der Waals surface area contributed by atoms with Crippen molar-refractivity contribution in [2.45, 2.75) is 53.0 Å². The first kappa shape index (κ1) is 15.4. The van der Waals surface area contributed by atoms with Gasteiger partial charge in [-0.15, -0.1) is 0 Å². The van der Waals surface area contributed by atoms with Crippen LogP contribution < -0.4 is 5.32 Å². The Morgan fingerprint density at radius 2 is 2.00 bits per heavy atom. The lowest BCUT2D eigenvalue weighted by Gasteiger charge is -2.29. The molecule has 0 fully saturated rings. The molecule has 0 rings (SSSR count). The molecule has 0 radical (unpaired) electrons. The summed E-state index contributed by atoms with van der Waals surface area (Å²) in [5, 5.41) is 21.0. The number of hydrogen-bond donors (Lipinski definition) is 2. The van der Waals surface area contributed by atoms with Gasteiger partial charge in [-0.2, -0.15) is 5.26 Å². The molecule has 0 bridgehead atoms. The topological polar surface area (TPSA) is 56.0 Å². The molecule has 0 saturated carbocycles. The minimum atomic E-state index is 0.151. The normalized spacial score (nSPS) is 13.8. The van der Waals surface area contributed by atoms with Crippen LogP contribution in [0, 0.1) is 22.7 Å². The molecule has 3 heteroatoms. The summed E-state index contributed by atoms with van der Waals surface area (Å²) >= 11 is 0. The van der Waals surface area contributed by atoms with Gasteiger partial charge in [-0.25, -0.2) is 0 Å². The minimum absolute atomic E-state index is 0.151. The van der Waals surface area contributed by atoms with Gasteiger partial charge >= 0.3 is 0 Å². The van der Waals surface area contributed by atoms with Crippen LogP contribution in [0.25, 0.3) is 0 Å². The third kappa shape index (κ3) is 6.81. The molecule has 1 atom stereocenters. The maximum absolute atomic E-state index is 8.97. The highest BCUT2D eigenvalue weighted by molar-refractivity contribution is 4.81. The van der Waals surface area contributed by atoms with E-state index >= 15 is 0 Å². The van der Waals surface area contributed by atoms with Gasteiger partial charge in [-0.3, -0.25) is 0 Å². The predicted molar refractivity (Wildman–Crippen MR) is 67.0 cm³/mol. The molecule has 0 aromatic carbocycles. The number of nitriles is 1. The van der Waals surface area contributed by atoms with E-state index in [9.17, 15) is 0 Å². The van der Waals surface area contributed by atoms with Crippen molar-refractivity contribution in [3.8, 4) is 6.07 Å². The lowest BCUT2D eigenvalue weighted by molar-refractivity contribution is 0.223. The van der Waals surface area contributed by atoms with Gasteiger partial charge in [0, 0.05) is 25.6 Å². The third-order valence-corrected chi connectivity index (χ3v) is 3.00. The number of rotatable bonds is 8. The zero-order valence-electron chi connectivity index (χ0n) is 11.1. The lowest BCUT2D eigenvalue weighted by Crippen LogP contribution is -2.40. The van der Waals surface area contributed by atoms with Crippen molar-refractivity contribution in [3.05, 3.63) is 0 Å². The summed E-state index contributed by atoms with van der Waals surface area (Å²) in [5.74, 6) is 0.527. The molecule has 0 saturated heterocycles. The molecule has 94 valence electrons. The number of aliphatic hydroxyl groups is 1. The fraction of sp³-hybridized carbons (Fsp3) is 0.923. The zero-order valence-corrected chi connectivity index (χ0v) is 11.1. The Bertz CT molecular complexity index is 218. The SMILES string of the molecule is CC(C)C(CCO)NCC(C)(C)CCC#N. The highest BCUT2D eigenvalue weighted by atomic mass is 16.3. The molecule has 0 aliphatic carbocycles. The summed E-state index contributed by atoms with van der Waals surface area (Å²) in [7, 11) is 0. The first-order valence-electron chi connectivity index (χ1n) is 6.14. The van der Waals surface area contributed by atoms with E-state index in [0.29, 0.717) is 18.4 Å². The van der Waals surface area contributed by atoms with Crippen LogP contribution in [0.1, 0.15) is 47.0 Å². The van der Waals surface area contributed by atoms with Crippen LogP contribution >= 0.6 is 0 Å². The summed E-state index contributed by atoms with van der Waals surface area (Å²) in [4.78, 5) is 0. The minimum Gasteiger partial charge on any atom is -0.396 e. The third-order valence-electron chi connectivity index (χ3n) is 3.00. The molecule has 3 nitrogen and oxygen atoms in total. The van der Waals surface area contributed by atoms with E-state index in [1.165, 1.54) is 0 Å². The first-order chi connectivity index (χ1) is 7.43. The van der Waals surface area contributed by atoms with Gasteiger partial charge in [-0.1, -0.05) is 27.7 Å². The molecular weight excluding hydrogens is 200 g/mol. The molecule has 0 aliphatic rings. The second kappa shape index (κ2) is 7.65. The summed E-state index contributed by atoms with van der Waals surface area (Å²) in [6, 6.07) is 2.56. The predicted octanol–water partition coefficient (Wildman–Crippen LogP) is 2.31. The van der Waals surface area contributed by atoms with E-state index < -0.39 is 0 Å². The highest BCUT2D eigenvalue weighted by Gasteiger charge is 2.20. The van der Waals surface area contributed by atoms with Crippen LogP contribution in [0.4, 0.5) is 0 Å². The van der Waals surface area contributed by atoms with Crippen LogP contribution in [0.3, 0.4) is 0 Å². The Labute approximate surface area is 99.9 Å². The maximum Gasteiger partial charge on any atom is 0.0621 e. The first-order valence-corrected chi connectivity index (χ1v) is 6.14. The molecule has 1 unspecified atom stereocenters. The van der Waals surface area contributed by atoms with E-state index in [-0.39, 0.29) is 12.0 Å². The average molecular weight is 226 g/mol. The number of nitrogens with zero attached hydrogens (tertiary/aromatic N) is 1. The van der Waals surface area contributed by atoms with E-state index in [2.05, 4.69) is 39.1 Å².